The maximum atomic E-state index is 12.7. The molecule has 2 aromatic rings. The summed E-state index contributed by atoms with van der Waals surface area (Å²) in [7, 11) is -8.23. The van der Waals surface area contributed by atoms with Crippen LogP contribution in [0.2, 0.25) is 0 Å². The smallest absolute Gasteiger partial charge is 0.245 e. The molecule has 28 heavy (non-hydrogen) atoms. The number of sulfonamides is 1. The van der Waals surface area contributed by atoms with Gasteiger partial charge in [-0.05, 0) is 24.6 Å². The predicted molar refractivity (Wildman–Crippen MR) is 104 cm³/mol. The lowest BCUT2D eigenvalue weighted by molar-refractivity contribution is 0.192. The van der Waals surface area contributed by atoms with E-state index in [1.165, 1.54) is 18.2 Å². The fraction of sp³-hybridized carbons (Fsp3) is 0.222. The van der Waals surface area contributed by atoms with Crippen molar-refractivity contribution in [3.8, 4) is 0 Å². The van der Waals surface area contributed by atoms with Gasteiger partial charge in [-0.1, -0.05) is 42.5 Å². The third-order valence-corrected chi connectivity index (χ3v) is 6.88. The van der Waals surface area contributed by atoms with Gasteiger partial charge >= 0.3 is 6.03 Å². The van der Waals surface area contributed by atoms with Gasteiger partial charge in [0.15, 0.2) is 9.84 Å². The molecule has 1 heterocycles. The average Bonchev–Trinajstić information content (AvgIpc) is 3.03. The predicted octanol–water partition coefficient (Wildman–Crippen LogP) is 2.31. The zero-order valence-electron chi connectivity index (χ0n) is 15.2. The molecule has 0 aromatic heterocycles. The van der Waals surface area contributed by atoms with E-state index >= 15 is 0 Å². The summed E-state index contributed by atoms with van der Waals surface area (Å²) in [4.78, 5) is 11.8. The lowest BCUT2D eigenvalue weighted by Gasteiger charge is -2.22. The lowest BCUT2D eigenvalue weighted by Crippen LogP contribution is -2.40. The Morgan fingerprint density at radius 3 is 2.18 bits per heavy atom. The number of hydrogen-bond donors (Lipinski definition) is 1. The number of hydrogen-bond acceptors (Lipinski definition) is 6. The van der Waals surface area contributed by atoms with Crippen molar-refractivity contribution in [3.05, 3.63) is 60.2 Å². The molecular weight excluding hydrogens is 402 g/mol. The first-order chi connectivity index (χ1) is 13.1. The molecule has 148 valence electrons. The number of amides is 2. The van der Waals surface area contributed by atoms with Crippen molar-refractivity contribution in [1.82, 2.24) is 9.73 Å². The van der Waals surface area contributed by atoms with E-state index < -0.39 is 36.8 Å². The number of urea groups is 1. The van der Waals surface area contributed by atoms with Crippen molar-refractivity contribution in [2.45, 2.75) is 29.2 Å². The Morgan fingerprint density at radius 1 is 1.00 bits per heavy atom. The molecule has 0 saturated heterocycles. The van der Waals surface area contributed by atoms with Gasteiger partial charge < -0.3 is 0 Å². The van der Waals surface area contributed by atoms with E-state index in [1.54, 1.807) is 6.92 Å². The van der Waals surface area contributed by atoms with Crippen LogP contribution in [0, 0.1) is 0 Å². The number of nitrogens with one attached hydrogen (secondary N) is 1. The summed E-state index contributed by atoms with van der Waals surface area (Å²) < 4.78 is 51.2. The second kappa shape index (κ2) is 7.36. The topological polar surface area (TPSA) is 113 Å². The second-order valence-corrected chi connectivity index (χ2v) is 10.1. The molecule has 1 aliphatic heterocycles. The Hall–Kier alpha value is -2.72. The maximum absolute atomic E-state index is 12.7. The average molecular weight is 422 g/mol. The van der Waals surface area contributed by atoms with E-state index in [4.69, 9.17) is 0 Å². The number of carbonyl (C=O) groups excluding carboxylic acids is 1. The van der Waals surface area contributed by atoms with Gasteiger partial charge in [-0.2, -0.15) is 5.10 Å². The fourth-order valence-corrected chi connectivity index (χ4v) is 5.54. The Morgan fingerprint density at radius 2 is 1.57 bits per heavy atom. The van der Waals surface area contributed by atoms with Crippen molar-refractivity contribution in [3.63, 3.8) is 0 Å². The number of sulfone groups is 1. The van der Waals surface area contributed by atoms with Gasteiger partial charge in [0.05, 0.1) is 10.9 Å². The maximum Gasteiger partial charge on any atom is 0.352 e. The number of benzene rings is 2. The largest absolute Gasteiger partial charge is 0.352 e. The molecule has 8 nitrogen and oxygen atoms in total. The minimum atomic E-state index is -4.42. The summed E-state index contributed by atoms with van der Waals surface area (Å²) in [6.45, 7) is 1.75. The summed E-state index contributed by atoms with van der Waals surface area (Å²) in [5, 5.41) is 5.23. The fourth-order valence-electron chi connectivity index (χ4n) is 2.98. The number of rotatable bonds is 4. The molecule has 2 amide bonds. The van der Waals surface area contributed by atoms with Gasteiger partial charge in [0.25, 0.3) is 10.0 Å². The quantitative estimate of drug-likeness (QED) is 0.814. The summed E-state index contributed by atoms with van der Waals surface area (Å²) in [6, 6.07) is 12.8. The van der Waals surface area contributed by atoms with Crippen LogP contribution in [0.25, 0.3) is 0 Å². The lowest BCUT2D eigenvalue weighted by atomic mass is 10.0. The van der Waals surface area contributed by atoms with Crippen molar-refractivity contribution in [2.24, 2.45) is 5.10 Å². The molecule has 0 radical (unpaired) electrons. The van der Waals surface area contributed by atoms with Crippen LogP contribution in [0.3, 0.4) is 0 Å². The third-order valence-electron chi connectivity index (χ3n) is 4.21. The molecule has 0 aliphatic carbocycles. The second-order valence-electron chi connectivity index (χ2n) is 6.44. The Kier molecular flexibility index (Phi) is 5.26. The Labute approximate surface area is 163 Å². The van der Waals surface area contributed by atoms with E-state index in [9.17, 15) is 21.6 Å². The Balaban J connectivity index is 1.92. The molecule has 10 heteroatoms. The number of hydrazone groups is 1. The number of carbonyl (C=O) groups is 1. The van der Waals surface area contributed by atoms with E-state index in [1.807, 2.05) is 35.1 Å². The normalized spacial score (nSPS) is 17.3. The van der Waals surface area contributed by atoms with Crippen LogP contribution >= 0.6 is 0 Å². The summed E-state index contributed by atoms with van der Waals surface area (Å²) >= 11 is 0. The molecule has 2 aromatic carbocycles. The first kappa shape index (κ1) is 20.0. The minimum Gasteiger partial charge on any atom is -0.245 e. The summed E-state index contributed by atoms with van der Waals surface area (Å²) in [5.74, 6) is 0. The van der Waals surface area contributed by atoms with E-state index in [-0.39, 0.29) is 4.90 Å². The Bertz CT molecular complexity index is 1140. The van der Waals surface area contributed by atoms with Crippen LogP contribution in [-0.2, 0) is 19.9 Å². The molecule has 0 bridgehead atoms. The van der Waals surface area contributed by atoms with Crippen molar-refractivity contribution in [1.29, 1.82) is 0 Å². The van der Waals surface area contributed by atoms with Crippen LogP contribution in [0.5, 0.6) is 0 Å². The zero-order valence-corrected chi connectivity index (χ0v) is 16.9. The highest BCUT2D eigenvalue weighted by Gasteiger charge is 2.34. The number of nitrogens with zero attached hydrogens (tertiary/aromatic N) is 2. The van der Waals surface area contributed by atoms with Gasteiger partial charge in [0, 0.05) is 18.4 Å². The summed E-state index contributed by atoms with van der Waals surface area (Å²) in [6.07, 6.45) is 1.38. The highest BCUT2D eigenvalue weighted by molar-refractivity contribution is 7.93. The van der Waals surface area contributed by atoms with Crippen molar-refractivity contribution >= 4 is 31.6 Å². The molecular formula is C18H19N3O5S2. The summed E-state index contributed by atoms with van der Waals surface area (Å²) in [5.41, 5.74) is 1.49. The van der Waals surface area contributed by atoms with E-state index in [0.717, 1.165) is 22.9 Å². The molecule has 0 saturated carbocycles. The highest BCUT2D eigenvalue weighted by Crippen LogP contribution is 2.31. The van der Waals surface area contributed by atoms with Gasteiger partial charge in [0.1, 0.15) is 4.90 Å². The van der Waals surface area contributed by atoms with Crippen LogP contribution < -0.4 is 4.72 Å². The standard InChI is InChI=1S/C18H19N3O5S2/c1-13-12-15(14-8-4-3-5-9-14)21(19-13)18(22)20-28(25,26)17-11-7-6-10-16(17)27(2,23)24/h3-11,15H,12H2,1-2H3,(H,20,22). The molecule has 0 fully saturated rings. The minimum absolute atomic E-state index is 0.379. The van der Waals surface area contributed by atoms with Crippen LogP contribution in [0.4, 0.5) is 4.79 Å². The molecule has 1 unspecified atom stereocenters. The molecule has 1 N–H and O–H groups in total. The van der Waals surface area contributed by atoms with Crippen molar-refractivity contribution in [2.75, 3.05) is 6.26 Å². The van der Waals surface area contributed by atoms with Crippen LogP contribution in [0.15, 0.2) is 69.5 Å². The first-order valence-corrected chi connectivity index (χ1v) is 11.7. The highest BCUT2D eigenvalue weighted by atomic mass is 32.2. The zero-order chi connectivity index (χ0) is 20.5. The van der Waals surface area contributed by atoms with Crippen LogP contribution in [0.1, 0.15) is 24.9 Å². The third kappa shape index (κ3) is 4.07. The molecule has 1 aliphatic rings. The van der Waals surface area contributed by atoms with E-state index in [0.29, 0.717) is 12.1 Å². The van der Waals surface area contributed by atoms with Gasteiger partial charge in [-0.25, -0.2) is 31.4 Å². The van der Waals surface area contributed by atoms with Crippen LogP contribution in [-0.4, -0.2) is 39.8 Å². The molecule has 0 spiro atoms. The molecule has 1 atom stereocenters. The monoisotopic (exact) mass is 421 g/mol. The molecule has 3 rings (SSSR count). The van der Waals surface area contributed by atoms with Gasteiger partial charge in [-0.15, -0.1) is 0 Å². The van der Waals surface area contributed by atoms with E-state index in [2.05, 4.69) is 5.10 Å². The van der Waals surface area contributed by atoms with Crippen molar-refractivity contribution < 1.29 is 21.6 Å². The SMILES string of the molecule is CC1=NN(C(=O)NS(=O)(=O)c2ccccc2S(C)(=O)=O)C(c2ccccc2)C1. The van der Waals surface area contributed by atoms with Gasteiger partial charge in [-0.3, -0.25) is 0 Å². The first-order valence-electron chi connectivity index (χ1n) is 8.34. The van der Waals surface area contributed by atoms with Gasteiger partial charge in [0.2, 0.25) is 0 Å².